The first-order chi connectivity index (χ1) is 23.3. The van der Waals surface area contributed by atoms with Crippen LogP contribution in [0.5, 0.6) is 0 Å². The predicted octanol–water partition coefficient (Wildman–Crippen LogP) is 7.12. The summed E-state index contributed by atoms with van der Waals surface area (Å²) < 4.78 is 0. The van der Waals surface area contributed by atoms with Crippen LogP contribution in [-0.4, -0.2) is 75.6 Å². The van der Waals surface area contributed by atoms with Crippen molar-refractivity contribution < 1.29 is 29.4 Å². The molecular weight excluding hydrogens is 641 g/mol. The van der Waals surface area contributed by atoms with Crippen LogP contribution in [0.4, 0.5) is 5.69 Å². The van der Waals surface area contributed by atoms with E-state index >= 15 is 0 Å². The minimum atomic E-state index is -0.832. The van der Waals surface area contributed by atoms with Gasteiger partial charge in [-0.05, 0) is 42.9 Å². The van der Waals surface area contributed by atoms with Crippen molar-refractivity contribution in [2.45, 2.75) is 142 Å². The first kappa shape index (κ1) is 40.1. The Morgan fingerprint density at radius 3 is 1.94 bits per heavy atom. The van der Waals surface area contributed by atoms with Crippen LogP contribution in [0.15, 0.2) is 29.8 Å². The number of aromatic nitrogens is 1. The number of rotatable bonds is 20. The summed E-state index contributed by atoms with van der Waals surface area (Å²) in [6, 6.07) is 6.00. The number of benzene rings is 1. The van der Waals surface area contributed by atoms with Crippen LogP contribution in [0.25, 0.3) is 10.4 Å². The molecule has 11 heteroatoms. The number of β-amino-alcohol motifs (C(OH)–C–C–N with tert-alkyl or cyclic N) is 1. The normalized spacial score (nSPS) is 16.8. The summed E-state index contributed by atoms with van der Waals surface area (Å²) in [5.41, 5.74) is 3.88. The maximum Gasteiger partial charge on any atom is 0.303 e. The number of nitrogens with one attached hydrogen (secondary N) is 1. The lowest BCUT2D eigenvalue weighted by molar-refractivity contribution is -0.143. The van der Waals surface area contributed by atoms with E-state index in [9.17, 15) is 24.3 Å². The van der Waals surface area contributed by atoms with Crippen LogP contribution in [0.1, 0.15) is 123 Å². The minimum absolute atomic E-state index is 0.0436. The Bertz CT molecular complexity index is 1350. The molecule has 1 aliphatic heterocycles. The van der Waals surface area contributed by atoms with Crippen molar-refractivity contribution in [1.29, 1.82) is 0 Å². The molecule has 1 saturated heterocycles. The van der Waals surface area contributed by atoms with E-state index in [1.807, 2.05) is 57.5 Å². The summed E-state index contributed by atoms with van der Waals surface area (Å²) in [6.07, 6.45) is 12.7. The molecule has 2 heterocycles. The van der Waals surface area contributed by atoms with Gasteiger partial charge < -0.3 is 25.3 Å². The lowest BCUT2D eigenvalue weighted by atomic mass is 9.85. The van der Waals surface area contributed by atoms with Crippen molar-refractivity contribution in [3.63, 3.8) is 0 Å². The number of carbonyl (C=O) groups excluding carboxylic acids is 3. The maximum atomic E-state index is 14.0. The van der Waals surface area contributed by atoms with Gasteiger partial charge in [-0.1, -0.05) is 97.1 Å². The Morgan fingerprint density at radius 1 is 0.918 bits per heavy atom. The van der Waals surface area contributed by atoms with Crippen molar-refractivity contribution in [2.75, 3.05) is 18.5 Å². The number of carboxylic acids is 1. The van der Waals surface area contributed by atoms with Gasteiger partial charge in [0.05, 0.1) is 22.2 Å². The average molecular weight is 699 g/mol. The summed E-state index contributed by atoms with van der Waals surface area (Å²) >= 11 is 1.56. The molecule has 0 bridgehead atoms. The van der Waals surface area contributed by atoms with E-state index in [1.54, 1.807) is 18.4 Å². The Balaban J connectivity index is 1.44. The van der Waals surface area contributed by atoms with E-state index in [2.05, 4.69) is 10.3 Å². The van der Waals surface area contributed by atoms with Crippen molar-refractivity contribution in [2.24, 2.45) is 5.41 Å². The van der Waals surface area contributed by atoms with Crippen LogP contribution >= 0.6 is 11.3 Å². The fraction of sp³-hybridized carbons (Fsp3) is 0.658. The van der Waals surface area contributed by atoms with Gasteiger partial charge in [0.2, 0.25) is 17.7 Å². The highest BCUT2D eigenvalue weighted by Gasteiger charge is 2.45. The summed E-state index contributed by atoms with van der Waals surface area (Å²) in [4.78, 5) is 59.7. The molecule has 1 aromatic heterocycles. The number of carboxylic acid groups (broad SMARTS) is 1. The molecule has 1 fully saturated rings. The Labute approximate surface area is 296 Å². The number of unbranched alkanes of at least 4 members (excludes halogenated alkanes) is 11. The average Bonchev–Trinajstić information content (AvgIpc) is 3.67. The van der Waals surface area contributed by atoms with Crippen molar-refractivity contribution in [1.82, 2.24) is 15.2 Å². The van der Waals surface area contributed by atoms with E-state index < -0.39 is 29.6 Å². The molecule has 0 spiro atoms. The van der Waals surface area contributed by atoms with E-state index in [4.69, 9.17) is 5.11 Å². The number of carbonyl (C=O) groups is 4. The third kappa shape index (κ3) is 12.8. The van der Waals surface area contributed by atoms with Gasteiger partial charge in [0.25, 0.3) is 0 Å². The standard InChI is InChI=1S/C38H58N4O6S/c1-27-34(49-26-39-27)28-20-22-29(23-21-28)41(5)36(47)31-24-30(43)25-42(31)37(48)35(38(2,3)4)40-32(44)18-16-14-12-10-8-6-7-9-11-13-15-17-19-33(45)46/h20-23,26,30-31,35,43H,6-19,24-25H2,1-5H3,(H,40,44)(H,45,46)/t30-,31+,35-/m1/s1. The van der Waals surface area contributed by atoms with Crippen LogP contribution in [0, 0.1) is 12.3 Å². The molecule has 0 aliphatic carbocycles. The molecule has 3 rings (SSSR count). The van der Waals surface area contributed by atoms with Gasteiger partial charge in [-0.2, -0.15) is 0 Å². The van der Waals surface area contributed by atoms with E-state index in [0.29, 0.717) is 12.1 Å². The molecule has 1 aromatic carbocycles. The highest BCUT2D eigenvalue weighted by Crippen LogP contribution is 2.31. The SMILES string of the molecule is Cc1ncsc1-c1ccc(N(C)C(=O)[C@@H]2C[C@@H](O)CN2C(=O)[C@@H](NC(=O)CCCCCCCCCCCCCCC(=O)O)C(C)(C)C)cc1. The second-order valence-electron chi connectivity index (χ2n) is 14.6. The van der Waals surface area contributed by atoms with Crippen molar-refractivity contribution in [3.05, 3.63) is 35.5 Å². The number of amides is 3. The van der Waals surface area contributed by atoms with Gasteiger partial charge in [0.15, 0.2) is 0 Å². The van der Waals surface area contributed by atoms with Crippen molar-refractivity contribution in [3.8, 4) is 10.4 Å². The monoisotopic (exact) mass is 698 g/mol. The van der Waals surface area contributed by atoms with Gasteiger partial charge in [-0.15, -0.1) is 11.3 Å². The molecule has 0 saturated carbocycles. The number of likely N-dealkylation sites (tertiary alicyclic amines) is 1. The number of anilines is 1. The van der Waals surface area contributed by atoms with Gasteiger partial charge in [-0.3, -0.25) is 19.2 Å². The van der Waals surface area contributed by atoms with Gasteiger partial charge in [-0.25, -0.2) is 4.98 Å². The summed E-state index contributed by atoms with van der Waals surface area (Å²) in [5.74, 6) is -1.51. The zero-order valence-electron chi connectivity index (χ0n) is 30.2. The second kappa shape index (κ2) is 19.8. The largest absolute Gasteiger partial charge is 0.481 e. The number of hydrogen-bond acceptors (Lipinski definition) is 7. The third-order valence-corrected chi connectivity index (χ3v) is 10.4. The number of aliphatic hydroxyl groups excluding tert-OH is 1. The first-order valence-corrected chi connectivity index (χ1v) is 18.9. The molecule has 3 atom stereocenters. The Hall–Kier alpha value is -3.31. The zero-order chi connectivity index (χ0) is 36.0. The highest BCUT2D eigenvalue weighted by molar-refractivity contribution is 7.13. The predicted molar refractivity (Wildman–Crippen MR) is 195 cm³/mol. The topological polar surface area (TPSA) is 140 Å². The molecule has 272 valence electrons. The fourth-order valence-corrected chi connectivity index (χ4v) is 7.25. The third-order valence-electron chi connectivity index (χ3n) is 9.40. The summed E-state index contributed by atoms with van der Waals surface area (Å²) in [7, 11) is 1.68. The molecular formula is C38H58N4O6S. The van der Waals surface area contributed by atoms with Gasteiger partial charge >= 0.3 is 5.97 Å². The fourth-order valence-electron chi connectivity index (χ4n) is 6.43. The molecule has 1 aliphatic rings. The van der Waals surface area contributed by atoms with Crippen LogP contribution in [0.3, 0.4) is 0 Å². The second-order valence-corrected chi connectivity index (χ2v) is 15.5. The van der Waals surface area contributed by atoms with Gasteiger partial charge in [0.1, 0.15) is 12.1 Å². The van der Waals surface area contributed by atoms with Crippen LogP contribution in [0.2, 0.25) is 0 Å². The Kier molecular flexibility index (Phi) is 16.2. The molecule has 3 amide bonds. The molecule has 0 unspecified atom stereocenters. The van der Waals surface area contributed by atoms with Crippen molar-refractivity contribution >= 4 is 40.7 Å². The number of thiazole rings is 1. The number of aliphatic hydroxyl groups is 1. The highest BCUT2D eigenvalue weighted by atomic mass is 32.1. The Morgan fingerprint density at radius 2 is 1.45 bits per heavy atom. The number of aliphatic carboxylic acids is 1. The number of nitrogens with zero attached hydrogens (tertiary/aromatic N) is 3. The number of aryl methyl sites for hydroxylation is 1. The smallest absolute Gasteiger partial charge is 0.303 e. The first-order valence-electron chi connectivity index (χ1n) is 18.1. The molecule has 0 radical (unpaired) electrons. The number of likely N-dealkylation sites (N-methyl/N-ethyl adjacent to an activating group) is 1. The van der Waals surface area contributed by atoms with E-state index in [1.165, 1.54) is 41.9 Å². The summed E-state index contributed by atoms with van der Waals surface area (Å²) in [6.45, 7) is 7.71. The molecule has 10 nitrogen and oxygen atoms in total. The zero-order valence-corrected chi connectivity index (χ0v) is 31.0. The minimum Gasteiger partial charge on any atom is -0.481 e. The maximum absolute atomic E-state index is 14.0. The molecule has 3 N–H and O–H groups in total. The van der Waals surface area contributed by atoms with Gasteiger partial charge in [0, 0.05) is 38.5 Å². The lowest BCUT2D eigenvalue weighted by Crippen LogP contribution is -2.57. The summed E-state index contributed by atoms with van der Waals surface area (Å²) in [5, 5.41) is 22.2. The molecule has 49 heavy (non-hydrogen) atoms. The van der Waals surface area contributed by atoms with E-state index in [0.717, 1.165) is 61.1 Å². The number of hydrogen-bond donors (Lipinski definition) is 3. The molecule has 2 aromatic rings. The quantitative estimate of drug-likeness (QED) is 0.125. The van der Waals surface area contributed by atoms with E-state index in [-0.39, 0.29) is 37.1 Å². The van der Waals surface area contributed by atoms with Crippen LogP contribution in [-0.2, 0) is 19.2 Å². The van der Waals surface area contributed by atoms with Crippen LogP contribution < -0.4 is 10.2 Å². The lowest BCUT2D eigenvalue weighted by Gasteiger charge is -2.36.